The van der Waals surface area contributed by atoms with E-state index in [1.807, 2.05) is 79.0 Å². The van der Waals surface area contributed by atoms with Crippen LogP contribution >= 0.6 is 0 Å². The molecule has 10 aromatic rings. The maximum absolute atomic E-state index is 5.08. The van der Waals surface area contributed by atoms with Crippen molar-refractivity contribution in [2.45, 2.75) is 0 Å². The van der Waals surface area contributed by atoms with Crippen molar-refractivity contribution in [3.05, 3.63) is 194 Å². The SMILES string of the molecule is c1ccc(-c2cc(-c3ccccc3)nc(-c3ccc(-c4cc(-c5ccc(-n6c7ccccc7c7ccccc76)cc5)cc(-c5ccccn5)n4)nc3)n2)cc1. The number of pyridine rings is 3. The molecule has 0 saturated carbocycles. The van der Waals surface area contributed by atoms with Crippen LogP contribution in [0.2, 0.25) is 0 Å². The van der Waals surface area contributed by atoms with Gasteiger partial charge < -0.3 is 4.57 Å². The third-order valence-corrected chi connectivity index (χ3v) is 9.94. The lowest BCUT2D eigenvalue weighted by Crippen LogP contribution is -1.97. The smallest absolute Gasteiger partial charge is 0.161 e. The van der Waals surface area contributed by atoms with Gasteiger partial charge in [-0.1, -0.05) is 115 Å². The maximum Gasteiger partial charge on any atom is 0.161 e. The summed E-state index contributed by atoms with van der Waals surface area (Å²) < 4.78 is 2.33. The summed E-state index contributed by atoms with van der Waals surface area (Å²) in [5, 5.41) is 2.48. The van der Waals surface area contributed by atoms with Gasteiger partial charge in [0.05, 0.1) is 45.2 Å². The Kier molecular flexibility index (Phi) is 8.04. The van der Waals surface area contributed by atoms with Crippen LogP contribution in [0.1, 0.15) is 0 Å². The summed E-state index contributed by atoms with van der Waals surface area (Å²) in [4.78, 5) is 24.6. The summed E-state index contributed by atoms with van der Waals surface area (Å²) >= 11 is 0. The number of hydrogen-bond acceptors (Lipinski definition) is 5. The Morgan fingerprint density at radius 3 is 1.44 bits per heavy atom. The summed E-state index contributed by atoms with van der Waals surface area (Å²) in [6, 6.07) is 62.4. The van der Waals surface area contributed by atoms with Crippen LogP contribution in [0.4, 0.5) is 0 Å². The van der Waals surface area contributed by atoms with Crippen molar-refractivity contribution in [2.75, 3.05) is 0 Å². The quantitative estimate of drug-likeness (QED) is 0.165. The van der Waals surface area contributed by atoms with Crippen molar-refractivity contribution in [3.63, 3.8) is 0 Å². The second-order valence-corrected chi connectivity index (χ2v) is 13.4. The molecular weight excluding hydrogens is 673 g/mol. The standard InChI is InChI=1S/C49H32N6/c1-3-13-34(14-4-1)43-31-44(35-15-5-2-6-16-35)54-49(53-43)36-24-27-42(51-32-36)46-30-37(29-45(52-46)41-19-11-12-28-50-41)33-22-25-38(26-23-33)55-47-20-9-7-17-39(47)40-18-8-10-21-48(40)55/h1-32H. The molecule has 0 fully saturated rings. The van der Waals surface area contributed by atoms with Crippen LogP contribution in [-0.2, 0) is 0 Å². The molecule has 10 rings (SSSR count). The fourth-order valence-corrected chi connectivity index (χ4v) is 7.25. The Labute approximate surface area is 318 Å². The molecule has 0 amide bonds. The van der Waals surface area contributed by atoms with Gasteiger partial charge in [0.15, 0.2) is 5.82 Å². The molecule has 0 aliphatic heterocycles. The number of hydrogen-bond donors (Lipinski definition) is 0. The van der Waals surface area contributed by atoms with E-state index in [1.54, 1.807) is 6.20 Å². The molecule has 0 N–H and O–H groups in total. The first-order chi connectivity index (χ1) is 27.2. The third kappa shape index (κ3) is 6.11. The summed E-state index contributed by atoms with van der Waals surface area (Å²) in [6.45, 7) is 0. The molecule has 0 atom stereocenters. The number of fused-ring (bicyclic) bond motifs is 3. The van der Waals surface area contributed by atoms with Crippen molar-refractivity contribution < 1.29 is 0 Å². The summed E-state index contributed by atoms with van der Waals surface area (Å²) in [7, 11) is 0. The molecule has 5 heterocycles. The minimum Gasteiger partial charge on any atom is -0.309 e. The monoisotopic (exact) mass is 704 g/mol. The summed E-state index contributed by atoms with van der Waals surface area (Å²) in [5.74, 6) is 0.610. The van der Waals surface area contributed by atoms with Crippen LogP contribution in [0.15, 0.2) is 194 Å². The number of rotatable bonds is 7. The van der Waals surface area contributed by atoms with E-state index in [0.29, 0.717) is 5.82 Å². The molecule has 5 aromatic heterocycles. The Hall–Kier alpha value is -7.57. The van der Waals surface area contributed by atoms with Crippen molar-refractivity contribution in [1.82, 2.24) is 29.5 Å². The van der Waals surface area contributed by atoms with Crippen LogP contribution in [0, 0.1) is 0 Å². The molecular formula is C49H32N6. The molecule has 0 unspecified atom stereocenters. The molecule has 0 bridgehead atoms. The lowest BCUT2D eigenvalue weighted by Gasteiger charge is -2.12. The predicted molar refractivity (Wildman–Crippen MR) is 222 cm³/mol. The first-order valence-corrected chi connectivity index (χ1v) is 18.2. The van der Waals surface area contributed by atoms with E-state index in [9.17, 15) is 0 Å². The van der Waals surface area contributed by atoms with Crippen molar-refractivity contribution in [1.29, 1.82) is 0 Å². The highest BCUT2D eigenvalue weighted by Gasteiger charge is 2.15. The van der Waals surface area contributed by atoms with E-state index in [-0.39, 0.29) is 0 Å². The van der Waals surface area contributed by atoms with Crippen molar-refractivity contribution in [2.24, 2.45) is 0 Å². The summed E-state index contributed by atoms with van der Waals surface area (Å²) in [5.41, 5.74) is 13.2. The minimum absolute atomic E-state index is 0.610. The molecule has 0 radical (unpaired) electrons. The highest BCUT2D eigenvalue weighted by atomic mass is 15.0. The van der Waals surface area contributed by atoms with Crippen LogP contribution in [0.5, 0.6) is 0 Å². The van der Waals surface area contributed by atoms with Gasteiger partial charge in [-0.15, -0.1) is 0 Å². The van der Waals surface area contributed by atoms with Gasteiger partial charge in [0.1, 0.15) is 0 Å². The number of para-hydroxylation sites is 2. The van der Waals surface area contributed by atoms with E-state index in [2.05, 4.69) is 119 Å². The average molecular weight is 705 g/mol. The van der Waals surface area contributed by atoms with Crippen LogP contribution in [0.3, 0.4) is 0 Å². The van der Waals surface area contributed by atoms with Crippen LogP contribution < -0.4 is 0 Å². The van der Waals surface area contributed by atoms with Gasteiger partial charge >= 0.3 is 0 Å². The molecule has 55 heavy (non-hydrogen) atoms. The van der Waals surface area contributed by atoms with Gasteiger partial charge in [0.2, 0.25) is 0 Å². The molecule has 6 nitrogen and oxygen atoms in total. The molecule has 0 aliphatic carbocycles. The van der Waals surface area contributed by atoms with Gasteiger partial charge in [-0.25, -0.2) is 15.0 Å². The molecule has 6 heteroatoms. The van der Waals surface area contributed by atoms with E-state index in [1.165, 1.54) is 21.8 Å². The summed E-state index contributed by atoms with van der Waals surface area (Å²) in [6.07, 6.45) is 3.63. The minimum atomic E-state index is 0.610. The van der Waals surface area contributed by atoms with Crippen LogP contribution in [0.25, 0.3) is 95.3 Å². The number of aromatic nitrogens is 6. The molecule has 0 saturated heterocycles. The number of nitrogens with zero attached hydrogens (tertiary/aromatic N) is 6. The first-order valence-electron chi connectivity index (χ1n) is 18.2. The maximum atomic E-state index is 5.08. The first kappa shape index (κ1) is 32.1. The van der Waals surface area contributed by atoms with Gasteiger partial charge in [-0.3, -0.25) is 9.97 Å². The van der Waals surface area contributed by atoms with Crippen molar-refractivity contribution >= 4 is 21.8 Å². The largest absolute Gasteiger partial charge is 0.309 e. The topological polar surface area (TPSA) is 69.4 Å². The van der Waals surface area contributed by atoms with Gasteiger partial charge in [-0.2, -0.15) is 0 Å². The predicted octanol–water partition coefficient (Wildman–Crippen LogP) is 11.8. The second kappa shape index (κ2) is 13.8. The Balaban J connectivity index is 1.04. The zero-order valence-corrected chi connectivity index (χ0v) is 29.7. The van der Waals surface area contributed by atoms with E-state index < -0.39 is 0 Å². The Morgan fingerprint density at radius 2 is 0.873 bits per heavy atom. The van der Waals surface area contributed by atoms with Gasteiger partial charge in [-0.05, 0) is 77.9 Å². The zero-order valence-electron chi connectivity index (χ0n) is 29.7. The zero-order chi connectivity index (χ0) is 36.6. The van der Waals surface area contributed by atoms with E-state index in [4.69, 9.17) is 19.9 Å². The van der Waals surface area contributed by atoms with Gasteiger partial charge in [0, 0.05) is 45.5 Å². The van der Waals surface area contributed by atoms with Gasteiger partial charge in [0.25, 0.3) is 0 Å². The van der Waals surface area contributed by atoms with E-state index in [0.717, 1.165) is 67.7 Å². The Morgan fingerprint density at radius 1 is 0.327 bits per heavy atom. The van der Waals surface area contributed by atoms with Crippen molar-refractivity contribution in [3.8, 4) is 73.5 Å². The fourth-order valence-electron chi connectivity index (χ4n) is 7.25. The van der Waals surface area contributed by atoms with Crippen LogP contribution in [-0.4, -0.2) is 29.5 Å². The molecule has 258 valence electrons. The highest BCUT2D eigenvalue weighted by molar-refractivity contribution is 6.09. The molecule has 5 aromatic carbocycles. The Bertz CT molecular complexity index is 2830. The lowest BCUT2D eigenvalue weighted by atomic mass is 10.0. The number of benzene rings is 5. The second-order valence-electron chi connectivity index (χ2n) is 13.4. The fraction of sp³-hybridized carbons (Fsp3) is 0. The lowest BCUT2D eigenvalue weighted by molar-refractivity contribution is 1.16. The normalized spacial score (nSPS) is 11.3. The third-order valence-electron chi connectivity index (χ3n) is 9.94. The average Bonchev–Trinajstić information content (AvgIpc) is 3.61. The molecule has 0 aliphatic rings. The highest BCUT2D eigenvalue weighted by Crippen LogP contribution is 2.34. The molecule has 0 spiro atoms. The van der Waals surface area contributed by atoms with E-state index >= 15 is 0 Å².